The Morgan fingerprint density at radius 1 is 0.610 bits per heavy atom. The number of aliphatic carboxylic acids is 1. The summed E-state index contributed by atoms with van der Waals surface area (Å²) in [6.07, 6.45) is 2.49. The molecule has 0 unspecified atom stereocenters. The quantitative estimate of drug-likeness (QED) is 0.0199. The van der Waals surface area contributed by atoms with Gasteiger partial charge in [0.1, 0.15) is 48.3 Å². The molecule has 460 valence electrons. The Kier molecular flexibility index (Phi) is 31.0. The molecule has 0 fully saturated rings. The monoisotopic (exact) mass is 1170 g/mol. The average molecular weight is 1180 g/mol. The smallest absolute Gasteiger partial charge is 0.328 e. The zero-order valence-electron chi connectivity index (χ0n) is 48.8. The molecule has 1 aromatic heterocycles. The van der Waals surface area contributed by atoms with E-state index in [0.29, 0.717) is 17.7 Å². The Morgan fingerprint density at radius 3 is 1.63 bits per heavy atom. The van der Waals surface area contributed by atoms with Crippen LogP contribution in [-0.4, -0.2) is 178 Å². The van der Waals surface area contributed by atoms with Crippen LogP contribution in [0.5, 0.6) is 0 Å². The topological polar surface area (TPSA) is 446 Å². The number of guanidine groups is 1. The zero-order chi connectivity index (χ0) is 62.0. The Morgan fingerprint density at radius 2 is 1.11 bits per heavy atom. The van der Waals surface area contributed by atoms with Crippen molar-refractivity contribution in [2.75, 3.05) is 31.7 Å². The first-order valence-corrected chi connectivity index (χ1v) is 28.9. The number of amides is 9. The Hall–Kier alpha value is -7.04. The molecular weight excluding hydrogens is 1080 g/mol. The number of hydrogen-bond donors (Lipinski definition) is 16. The number of carbonyl (C=O) groups excluding carboxylic acids is 9. The van der Waals surface area contributed by atoms with E-state index in [1.54, 1.807) is 66.1 Å². The van der Waals surface area contributed by atoms with Crippen LogP contribution in [-0.2, 0) is 54.4 Å². The standard InChI is InChI=1S/C54H90N14O13S/c1-27(2)20-34(55)45(72)68-44(31(9)70)52(79)65-39(22-29(5)6)49(76)62-36(16-13-18-58-54(56)57)46(73)64-40(23-32-24-59-35-15-12-11-14-33(32)35)50(77)67-43(30(7)8)51(78)60-25-42(71)61-38(21-28(3)4)48(75)63-37(17-19-82-10)47(74)66-41(26-69)53(80)81/h11-12,14-15,24,27-31,34,36-41,43-44,59,69-70H,13,16-23,25-26,55H2,1-10H3,(H,60,78)(H,61,71)(H,62,76)(H,63,75)(H,64,73)(H,65,79)(H,66,74)(H,67,77)(H,68,72)(H,80,81)(H4,56,57,58)/t31-,34+,36+,37+,38+,39+,40+,41+,43+,44+/m1/s1. The first kappa shape index (κ1) is 71.1. The number of aromatic nitrogens is 1. The number of H-pyrrole nitrogens is 1. The number of nitrogens with zero attached hydrogens (tertiary/aromatic N) is 1. The van der Waals surface area contributed by atoms with Gasteiger partial charge in [-0.15, -0.1) is 0 Å². The zero-order valence-corrected chi connectivity index (χ0v) is 49.6. The molecule has 2 aromatic rings. The third-order valence-electron chi connectivity index (χ3n) is 12.8. The average Bonchev–Trinajstić information content (AvgIpc) is 4.00. The van der Waals surface area contributed by atoms with Gasteiger partial charge in [0.15, 0.2) is 5.96 Å². The second-order valence-electron chi connectivity index (χ2n) is 21.9. The van der Waals surface area contributed by atoms with Gasteiger partial charge < -0.3 is 85.4 Å². The van der Waals surface area contributed by atoms with Gasteiger partial charge in [-0.3, -0.25) is 48.1 Å². The van der Waals surface area contributed by atoms with Gasteiger partial charge in [-0.05, 0) is 92.8 Å². The molecule has 0 aliphatic heterocycles. The van der Waals surface area contributed by atoms with Crippen molar-refractivity contribution >= 4 is 87.8 Å². The van der Waals surface area contributed by atoms with Gasteiger partial charge in [0.05, 0.1) is 25.3 Å². The van der Waals surface area contributed by atoms with Gasteiger partial charge in [-0.1, -0.05) is 73.6 Å². The van der Waals surface area contributed by atoms with E-state index in [4.69, 9.17) is 17.2 Å². The van der Waals surface area contributed by atoms with E-state index in [-0.39, 0.29) is 68.8 Å². The van der Waals surface area contributed by atoms with Crippen molar-refractivity contribution < 1.29 is 63.3 Å². The lowest BCUT2D eigenvalue weighted by Crippen LogP contribution is -2.61. The maximum Gasteiger partial charge on any atom is 0.328 e. The van der Waals surface area contributed by atoms with Crippen molar-refractivity contribution in [2.45, 2.75) is 168 Å². The second-order valence-corrected chi connectivity index (χ2v) is 22.9. The summed E-state index contributed by atoms with van der Waals surface area (Å²) < 4.78 is 0. The molecule has 10 atom stereocenters. The highest BCUT2D eigenvalue weighted by atomic mass is 32.2. The number of carboxylic acids is 1. The van der Waals surface area contributed by atoms with E-state index in [0.717, 1.165) is 10.9 Å². The fraction of sp³-hybridized carbons (Fsp3) is 0.648. The third kappa shape index (κ3) is 25.0. The Balaban J connectivity index is 2.47. The summed E-state index contributed by atoms with van der Waals surface area (Å²) in [5, 5.41) is 53.3. The van der Waals surface area contributed by atoms with Crippen molar-refractivity contribution in [1.29, 1.82) is 0 Å². The highest BCUT2D eigenvalue weighted by Crippen LogP contribution is 2.20. The molecule has 28 heteroatoms. The van der Waals surface area contributed by atoms with Gasteiger partial charge in [-0.25, -0.2) is 4.79 Å². The predicted molar refractivity (Wildman–Crippen MR) is 311 cm³/mol. The summed E-state index contributed by atoms with van der Waals surface area (Å²) in [7, 11) is 0. The maximum atomic E-state index is 14.6. The normalized spacial score (nSPS) is 15.1. The summed E-state index contributed by atoms with van der Waals surface area (Å²) in [6.45, 7) is 13.9. The number of carbonyl (C=O) groups is 10. The number of aliphatic imine (C=N–C) groups is 1. The van der Waals surface area contributed by atoms with Gasteiger partial charge in [-0.2, -0.15) is 11.8 Å². The largest absolute Gasteiger partial charge is 0.480 e. The predicted octanol–water partition coefficient (Wildman–Crippen LogP) is -1.91. The number of thioether (sulfide) groups is 1. The fourth-order valence-electron chi connectivity index (χ4n) is 8.54. The summed E-state index contributed by atoms with van der Waals surface area (Å²) in [5.41, 5.74) is 18.5. The number of nitrogens with two attached hydrogens (primary N) is 3. The van der Waals surface area contributed by atoms with Crippen LogP contribution in [0.3, 0.4) is 0 Å². The van der Waals surface area contributed by atoms with Crippen molar-refractivity contribution in [3.8, 4) is 0 Å². The number of aromatic amines is 1. The van der Waals surface area contributed by atoms with E-state index < -0.39 is 139 Å². The lowest BCUT2D eigenvalue weighted by Gasteiger charge is -2.29. The molecule has 0 spiro atoms. The number of hydrogen-bond acceptors (Lipinski definition) is 15. The van der Waals surface area contributed by atoms with Crippen molar-refractivity contribution in [1.82, 2.24) is 52.8 Å². The van der Waals surface area contributed by atoms with Crippen LogP contribution in [0.25, 0.3) is 10.9 Å². The van der Waals surface area contributed by atoms with Crippen LogP contribution < -0.4 is 65.1 Å². The van der Waals surface area contributed by atoms with Gasteiger partial charge in [0, 0.05) is 30.1 Å². The van der Waals surface area contributed by atoms with E-state index in [1.807, 2.05) is 26.0 Å². The minimum absolute atomic E-state index is 0.0388. The van der Waals surface area contributed by atoms with Gasteiger partial charge in [0.25, 0.3) is 0 Å². The van der Waals surface area contributed by atoms with Crippen LogP contribution in [0.2, 0.25) is 0 Å². The first-order valence-electron chi connectivity index (χ1n) is 27.6. The summed E-state index contributed by atoms with van der Waals surface area (Å²) in [5.74, 6) is -9.49. The van der Waals surface area contributed by atoms with Crippen LogP contribution >= 0.6 is 11.8 Å². The summed E-state index contributed by atoms with van der Waals surface area (Å²) >= 11 is 1.37. The number of aliphatic hydroxyl groups is 2. The Labute approximate surface area is 483 Å². The molecule has 1 aromatic carbocycles. The van der Waals surface area contributed by atoms with Crippen molar-refractivity contribution in [3.05, 3.63) is 36.0 Å². The van der Waals surface area contributed by atoms with Gasteiger partial charge in [0.2, 0.25) is 53.2 Å². The lowest BCUT2D eigenvalue weighted by molar-refractivity contribution is -0.143. The van der Waals surface area contributed by atoms with Crippen LogP contribution in [0.1, 0.15) is 106 Å². The number of fused-ring (bicyclic) bond motifs is 1. The van der Waals surface area contributed by atoms with Crippen LogP contribution in [0.15, 0.2) is 35.5 Å². The third-order valence-corrected chi connectivity index (χ3v) is 13.5. The molecule has 19 N–H and O–H groups in total. The van der Waals surface area contributed by atoms with E-state index in [2.05, 4.69) is 57.8 Å². The molecule has 9 amide bonds. The number of carboxylic acid groups (broad SMARTS) is 1. The highest BCUT2D eigenvalue weighted by molar-refractivity contribution is 7.98. The van der Waals surface area contributed by atoms with E-state index in [1.165, 1.54) is 18.7 Å². The van der Waals surface area contributed by atoms with E-state index >= 15 is 0 Å². The molecule has 0 aliphatic carbocycles. The first-order chi connectivity index (χ1) is 38.5. The molecule has 0 saturated heterocycles. The molecule has 1 heterocycles. The molecule has 0 bridgehead atoms. The molecule has 0 saturated carbocycles. The molecule has 0 radical (unpaired) electrons. The number of rotatable bonds is 37. The minimum atomic E-state index is -1.62. The molecule has 82 heavy (non-hydrogen) atoms. The van der Waals surface area contributed by atoms with Gasteiger partial charge >= 0.3 is 5.97 Å². The molecule has 0 aliphatic rings. The number of nitrogens with one attached hydrogen (secondary N) is 10. The molecular formula is C54H90N14O13S. The minimum Gasteiger partial charge on any atom is -0.480 e. The number of benzene rings is 1. The molecule has 27 nitrogen and oxygen atoms in total. The lowest BCUT2D eigenvalue weighted by atomic mass is 9.99. The summed E-state index contributed by atoms with van der Waals surface area (Å²) in [6, 6.07) is -4.73. The van der Waals surface area contributed by atoms with E-state index in [9.17, 15) is 63.3 Å². The Bertz CT molecular complexity index is 2480. The van der Waals surface area contributed by atoms with Crippen molar-refractivity contribution in [3.63, 3.8) is 0 Å². The second kappa shape index (κ2) is 35.7. The maximum absolute atomic E-state index is 14.6. The van der Waals surface area contributed by atoms with Crippen molar-refractivity contribution in [2.24, 2.45) is 45.9 Å². The summed E-state index contributed by atoms with van der Waals surface area (Å²) in [4.78, 5) is 143. The number of aliphatic hydroxyl groups excluding tert-OH is 2. The molecule has 2 rings (SSSR count). The van der Waals surface area contributed by atoms with Crippen LogP contribution in [0, 0.1) is 23.7 Å². The van der Waals surface area contributed by atoms with Crippen LogP contribution in [0.4, 0.5) is 0 Å². The highest BCUT2D eigenvalue weighted by Gasteiger charge is 2.36. The fourth-order valence-corrected chi connectivity index (χ4v) is 9.01. The number of para-hydroxylation sites is 1. The SMILES string of the molecule is CSCC[C@H](NC(=O)[C@H](CC(C)C)NC(=O)CNC(=O)[C@@H](NC(=O)[C@H](Cc1c[nH]c2ccccc12)NC(=O)[C@H](CCCN=C(N)N)NC(=O)[C@H](CC(C)C)NC(=O)[C@@H](NC(=O)[C@@H](N)CC(C)C)[C@@H](C)O)C(C)C)C(=O)N[C@@H](CO)C(=O)O.